The van der Waals surface area contributed by atoms with Gasteiger partial charge in [0.15, 0.2) is 0 Å². The molecule has 25 heavy (non-hydrogen) atoms. The number of aromatic nitrogens is 3. The van der Waals surface area contributed by atoms with Crippen LogP contribution >= 0.6 is 0 Å². The first kappa shape index (κ1) is 17.3. The molecule has 1 aromatic carbocycles. The molecular weight excluding hydrogens is 318 g/mol. The number of hydrogen-bond acceptors (Lipinski definition) is 4. The van der Waals surface area contributed by atoms with E-state index in [1.54, 1.807) is 12.7 Å². The van der Waals surface area contributed by atoms with Gasteiger partial charge in [-0.05, 0) is 38.7 Å². The van der Waals surface area contributed by atoms with Crippen molar-refractivity contribution < 1.29 is 9.53 Å². The standard InChI is InChI=1S/C18H25N5O2/c1-14(11-23-12-20-21-13-23)22-18(24)19-10-15-6-2-5-9-17(15)25-16-7-3-4-8-16/h2,5-6,9,12-14,16H,3-4,7-8,10-11H2,1H3,(H2,19,22,24). The fraction of sp³-hybridized carbons (Fsp3) is 0.500. The Morgan fingerprint density at radius 3 is 2.76 bits per heavy atom. The Balaban J connectivity index is 1.48. The number of ether oxygens (including phenoxy) is 1. The predicted molar refractivity (Wildman–Crippen MR) is 94.2 cm³/mol. The minimum Gasteiger partial charge on any atom is -0.490 e. The molecule has 0 spiro atoms. The zero-order valence-corrected chi connectivity index (χ0v) is 14.5. The number of para-hydroxylation sites is 1. The minimum absolute atomic E-state index is 0.0269. The van der Waals surface area contributed by atoms with Gasteiger partial charge in [-0.25, -0.2) is 4.79 Å². The lowest BCUT2D eigenvalue weighted by Crippen LogP contribution is -2.42. The molecule has 1 aromatic heterocycles. The maximum atomic E-state index is 12.1. The Morgan fingerprint density at radius 1 is 1.28 bits per heavy atom. The van der Waals surface area contributed by atoms with Gasteiger partial charge in [-0.15, -0.1) is 10.2 Å². The van der Waals surface area contributed by atoms with Crippen molar-refractivity contribution in [1.82, 2.24) is 25.4 Å². The van der Waals surface area contributed by atoms with E-state index in [0.717, 1.165) is 24.2 Å². The number of amides is 2. The van der Waals surface area contributed by atoms with Crippen molar-refractivity contribution >= 4 is 6.03 Å². The molecule has 3 rings (SSSR count). The maximum absolute atomic E-state index is 12.1. The van der Waals surface area contributed by atoms with Crippen LogP contribution in [0.15, 0.2) is 36.9 Å². The summed E-state index contributed by atoms with van der Waals surface area (Å²) in [6.07, 6.45) is 8.26. The molecule has 1 saturated carbocycles. The number of nitrogens with one attached hydrogen (secondary N) is 2. The Bertz CT molecular complexity index is 668. The summed E-state index contributed by atoms with van der Waals surface area (Å²) in [6, 6.07) is 7.67. The van der Waals surface area contributed by atoms with Crippen molar-refractivity contribution in [2.45, 2.75) is 57.8 Å². The summed E-state index contributed by atoms with van der Waals surface area (Å²) in [5, 5.41) is 13.3. The second-order valence-corrected chi connectivity index (χ2v) is 6.52. The fourth-order valence-corrected chi connectivity index (χ4v) is 3.08. The number of carbonyl (C=O) groups is 1. The van der Waals surface area contributed by atoms with Gasteiger partial charge in [0.05, 0.1) is 6.10 Å². The summed E-state index contributed by atoms with van der Waals surface area (Å²) in [7, 11) is 0. The molecule has 1 aliphatic carbocycles. The molecule has 0 bridgehead atoms. The van der Waals surface area contributed by atoms with Crippen LogP contribution in [0.25, 0.3) is 0 Å². The Hall–Kier alpha value is -2.57. The molecule has 7 nitrogen and oxygen atoms in total. The highest BCUT2D eigenvalue weighted by Gasteiger charge is 2.18. The van der Waals surface area contributed by atoms with Gasteiger partial charge in [0.25, 0.3) is 0 Å². The minimum atomic E-state index is -0.198. The fourth-order valence-electron chi connectivity index (χ4n) is 3.08. The number of urea groups is 1. The molecule has 2 aromatic rings. The molecule has 7 heteroatoms. The second-order valence-electron chi connectivity index (χ2n) is 6.52. The van der Waals surface area contributed by atoms with E-state index >= 15 is 0 Å². The lowest BCUT2D eigenvalue weighted by atomic mass is 10.2. The van der Waals surface area contributed by atoms with Gasteiger partial charge in [0.1, 0.15) is 18.4 Å². The zero-order valence-electron chi connectivity index (χ0n) is 14.5. The number of hydrogen-bond donors (Lipinski definition) is 2. The van der Waals surface area contributed by atoms with Crippen molar-refractivity contribution in [2.24, 2.45) is 0 Å². The molecule has 0 aliphatic heterocycles. The van der Waals surface area contributed by atoms with Crippen LogP contribution in [0.4, 0.5) is 4.79 Å². The van der Waals surface area contributed by atoms with Crippen molar-refractivity contribution in [3.63, 3.8) is 0 Å². The molecule has 1 unspecified atom stereocenters. The molecule has 2 N–H and O–H groups in total. The van der Waals surface area contributed by atoms with Crippen molar-refractivity contribution in [3.05, 3.63) is 42.5 Å². The van der Waals surface area contributed by atoms with Gasteiger partial charge in [-0.3, -0.25) is 0 Å². The third kappa shape index (κ3) is 5.20. The van der Waals surface area contributed by atoms with Crippen molar-refractivity contribution in [2.75, 3.05) is 0 Å². The highest BCUT2D eigenvalue weighted by molar-refractivity contribution is 5.74. The Kier molecular flexibility index (Phi) is 5.87. The van der Waals surface area contributed by atoms with E-state index < -0.39 is 0 Å². The third-order valence-corrected chi connectivity index (χ3v) is 4.34. The summed E-state index contributed by atoms with van der Waals surface area (Å²) < 4.78 is 7.93. The van der Waals surface area contributed by atoms with E-state index in [-0.39, 0.29) is 12.1 Å². The number of rotatable bonds is 7. The normalized spacial score (nSPS) is 15.7. The van der Waals surface area contributed by atoms with Crippen LogP contribution in [0.3, 0.4) is 0 Å². The number of nitrogens with zero attached hydrogens (tertiary/aromatic N) is 3. The van der Waals surface area contributed by atoms with E-state index in [9.17, 15) is 4.79 Å². The van der Waals surface area contributed by atoms with Crippen LogP contribution in [0.1, 0.15) is 38.2 Å². The summed E-state index contributed by atoms with van der Waals surface area (Å²) >= 11 is 0. The van der Waals surface area contributed by atoms with E-state index in [1.165, 1.54) is 12.8 Å². The predicted octanol–water partition coefficient (Wildman–Crippen LogP) is 2.49. The molecular formula is C18H25N5O2. The molecule has 1 fully saturated rings. The Labute approximate surface area is 147 Å². The molecule has 0 saturated heterocycles. The third-order valence-electron chi connectivity index (χ3n) is 4.34. The summed E-state index contributed by atoms with van der Waals surface area (Å²) in [5.41, 5.74) is 0.996. The first-order chi connectivity index (χ1) is 12.2. The van der Waals surface area contributed by atoms with Gasteiger partial charge < -0.3 is 19.9 Å². The van der Waals surface area contributed by atoms with Crippen molar-refractivity contribution in [1.29, 1.82) is 0 Å². The lowest BCUT2D eigenvalue weighted by Gasteiger charge is -2.18. The molecule has 134 valence electrons. The topological polar surface area (TPSA) is 81.1 Å². The van der Waals surface area contributed by atoms with E-state index in [1.807, 2.05) is 35.8 Å². The van der Waals surface area contributed by atoms with Gasteiger partial charge in [0.2, 0.25) is 0 Å². The van der Waals surface area contributed by atoms with Crippen LogP contribution in [0.2, 0.25) is 0 Å². The van der Waals surface area contributed by atoms with Crippen LogP contribution in [-0.4, -0.2) is 32.9 Å². The largest absolute Gasteiger partial charge is 0.490 e. The number of carbonyl (C=O) groups excluding carboxylic acids is 1. The molecule has 1 aliphatic rings. The monoisotopic (exact) mass is 343 g/mol. The van der Waals surface area contributed by atoms with Gasteiger partial charge >= 0.3 is 6.03 Å². The zero-order chi connectivity index (χ0) is 17.5. The van der Waals surface area contributed by atoms with Crippen LogP contribution < -0.4 is 15.4 Å². The summed E-state index contributed by atoms with van der Waals surface area (Å²) in [5.74, 6) is 0.868. The summed E-state index contributed by atoms with van der Waals surface area (Å²) in [4.78, 5) is 12.1. The second kappa shape index (κ2) is 8.50. The smallest absolute Gasteiger partial charge is 0.315 e. The van der Waals surface area contributed by atoms with Crippen LogP contribution in [-0.2, 0) is 13.1 Å². The SMILES string of the molecule is CC(Cn1cnnc1)NC(=O)NCc1ccccc1OC1CCCC1. The highest BCUT2D eigenvalue weighted by atomic mass is 16.5. The molecule has 0 radical (unpaired) electrons. The first-order valence-electron chi connectivity index (χ1n) is 8.82. The molecule has 1 heterocycles. The first-order valence-corrected chi connectivity index (χ1v) is 8.82. The maximum Gasteiger partial charge on any atom is 0.315 e. The van der Waals surface area contributed by atoms with Crippen LogP contribution in [0, 0.1) is 0 Å². The number of benzene rings is 1. The molecule has 2 amide bonds. The van der Waals surface area contributed by atoms with Gasteiger partial charge in [-0.1, -0.05) is 18.2 Å². The van der Waals surface area contributed by atoms with Gasteiger partial charge in [-0.2, -0.15) is 0 Å². The van der Waals surface area contributed by atoms with Gasteiger partial charge in [0, 0.05) is 24.7 Å². The molecule has 1 atom stereocenters. The van der Waals surface area contributed by atoms with Crippen molar-refractivity contribution in [3.8, 4) is 5.75 Å². The average molecular weight is 343 g/mol. The lowest BCUT2D eigenvalue weighted by molar-refractivity contribution is 0.207. The quantitative estimate of drug-likeness (QED) is 0.809. The average Bonchev–Trinajstić information content (AvgIpc) is 3.28. The highest BCUT2D eigenvalue weighted by Crippen LogP contribution is 2.26. The summed E-state index contributed by atoms with van der Waals surface area (Å²) in [6.45, 7) is 3.01. The van der Waals surface area contributed by atoms with Crippen LogP contribution in [0.5, 0.6) is 5.75 Å². The van der Waals surface area contributed by atoms with E-state index in [0.29, 0.717) is 19.2 Å². The van der Waals surface area contributed by atoms with E-state index in [4.69, 9.17) is 4.74 Å². The Morgan fingerprint density at radius 2 is 2.00 bits per heavy atom. The van der Waals surface area contributed by atoms with E-state index in [2.05, 4.69) is 20.8 Å².